The molecule has 0 saturated heterocycles. The van der Waals surface area contributed by atoms with Gasteiger partial charge < -0.3 is 4.74 Å². The van der Waals surface area contributed by atoms with E-state index in [1.165, 1.54) is 0 Å². The molecule has 0 radical (unpaired) electrons. The quantitative estimate of drug-likeness (QED) is 0.651. The average Bonchev–Trinajstić information content (AvgIpc) is 2.20. The summed E-state index contributed by atoms with van der Waals surface area (Å²) in [6.45, 7) is 2.51. The first-order chi connectivity index (χ1) is 4.75. The molecule has 1 N–H and O–H groups in total. The lowest BCUT2D eigenvalue weighted by atomic mass is 10.9. The molecular formula is C5H9N3OS. The Bertz CT molecular complexity index is 264. The van der Waals surface area contributed by atoms with E-state index in [9.17, 15) is 0 Å². The highest BCUT2D eigenvalue weighted by molar-refractivity contribution is 7.71. The van der Waals surface area contributed by atoms with E-state index >= 15 is 0 Å². The Balaban J connectivity index is 2.94. The summed E-state index contributed by atoms with van der Waals surface area (Å²) < 4.78 is 7.36. The van der Waals surface area contributed by atoms with Crippen molar-refractivity contribution in [2.75, 3.05) is 6.61 Å². The van der Waals surface area contributed by atoms with E-state index in [4.69, 9.17) is 17.0 Å². The first kappa shape index (κ1) is 7.27. The molecule has 0 saturated carbocycles. The zero-order valence-corrected chi connectivity index (χ0v) is 6.73. The molecule has 0 bridgehead atoms. The number of hydrogen-bond acceptors (Lipinski definition) is 3. The molecule has 5 heteroatoms. The zero-order valence-electron chi connectivity index (χ0n) is 5.92. The number of aromatic nitrogens is 3. The van der Waals surface area contributed by atoms with Crippen LogP contribution in [0.4, 0.5) is 0 Å². The molecule has 0 aromatic carbocycles. The van der Waals surface area contributed by atoms with Crippen LogP contribution < -0.4 is 4.74 Å². The average molecular weight is 159 g/mol. The molecule has 0 amide bonds. The smallest absolute Gasteiger partial charge is 0.315 e. The van der Waals surface area contributed by atoms with Gasteiger partial charge in [0.1, 0.15) is 0 Å². The largest absolute Gasteiger partial charge is 0.464 e. The maximum Gasteiger partial charge on any atom is 0.315 e. The van der Waals surface area contributed by atoms with Crippen molar-refractivity contribution in [3.05, 3.63) is 4.77 Å². The molecular weight excluding hydrogens is 150 g/mol. The standard InChI is InChI=1S/C5H9N3OS/c1-3-9-4-6-7-5(10)8(4)2/h3H2,1-2H3,(H,7,10). The first-order valence-corrected chi connectivity index (χ1v) is 3.40. The van der Waals surface area contributed by atoms with Gasteiger partial charge >= 0.3 is 6.01 Å². The van der Waals surface area contributed by atoms with Crippen molar-refractivity contribution in [1.82, 2.24) is 14.8 Å². The summed E-state index contributed by atoms with van der Waals surface area (Å²) in [7, 11) is 1.80. The molecule has 1 aromatic heterocycles. The SMILES string of the molecule is CCOc1n[nH]c(=S)n1C. The minimum absolute atomic E-state index is 0.535. The number of nitrogens with zero attached hydrogens (tertiary/aromatic N) is 2. The highest BCUT2D eigenvalue weighted by atomic mass is 32.1. The third-order valence-electron chi connectivity index (χ3n) is 1.11. The Morgan fingerprint density at radius 2 is 2.50 bits per heavy atom. The maximum atomic E-state index is 5.11. The zero-order chi connectivity index (χ0) is 7.56. The predicted molar refractivity (Wildman–Crippen MR) is 39.6 cm³/mol. The van der Waals surface area contributed by atoms with Gasteiger partial charge in [0, 0.05) is 7.05 Å². The lowest BCUT2D eigenvalue weighted by Gasteiger charge is -1.98. The fourth-order valence-electron chi connectivity index (χ4n) is 0.591. The molecule has 1 heterocycles. The van der Waals surface area contributed by atoms with Gasteiger partial charge in [-0.1, -0.05) is 0 Å². The van der Waals surface area contributed by atoms with Crippen molar-refractivity contribution in [3.63, 3.8) is 0 Å². The fourth-order valence-corrected chi connectivity index (χ4v) is 0.714. The molecule has 0 aliphatic rings. The lowest BCUT2D eigenvalue weighted by molar-refractivity contribution is 0.300. The van der Waals surface area contributed by atoms with Crippen molar-refractivity contribution in [2.24, 2.45) is 7.05 Å². The van der Waals surface area contributed by atoms with Gasteiger partial charge in [0.2, 0.25) is 0 Å². The summed E-state index contributed by atoms with van der Waals surface area (Å²) >= 11 is 4.85. The summed E-state index contributed by atoms with van der Waals surface area (Å²) in [6, 6.07) is 0.535. The van der Waals surface area contributed by atoms with Crippen LogP contribution >= 0.6 is 12.2 Å². The Morgan fingerprint density at radius 1 is 1.80 bits per heavy atom. The fraction of sp³-hybridized carbons (Fsp3) is 0.600. The van der Waals surface area contributed by atoms with Crippen molar-refractivity contribution in [2.45, 2.75) is 6.92 Å². The summed E-state index contributed by atoms with van der Waals surface area (Å²) in [4.78, 5) is 0. The Labute approximate surface area is 63.8 Å². The van der Waals surface area contributed by atoms with Crippen LogP contribution in [0, 0.1) is 4.77 Å². The topological polar surface area (TPSA) is 42.8 Å². The van der Waals surface area contributed by atoms with Crippen LogP contribution in [0.15, 0.2) is 0 Å². The highest BCUT2D eigenvalue weighted by Gasteiger charge is 1.99. The van der Waals surface area contributed by atoms with Crippen molar-refractivity contribution < 1.29 is 4.74 Å². The van der Waals surface area contributed by atoms with Crippen molar-refractivity contribution >= 4 is 12.2 Å². The van der Waals surface area contributed by atoms with E-state index in [1.54, 1.807) is 11.6 Å². The van der Waals surface area contributed by atoms with Crippen LogP contribution in [0.5, 0.6) is 6.01 Å². The van der Waals surface area contributed by atoms with Gasteiger partial charge in [-0.25, -0.2) is 5.10 Å². The van der Waals surface area contributed by atoms with Crippen LogP contribution in [0.1, 0.15) is 6.92 Å². The Hall–Kier alpha value is -0.840. The van der Waals surface area contributed by atoms with Gasteiger partial charge in [-0.2, -0.15) is 0 Å². The molecule has 4 nitrogen and oxygen atoms in total. The summed E-state index contributed by atoms with van der Waals surface area (Å²) in [5.74, 6) is 0. The molecule has 0 aliphatic heterocycles. The second-order valence-electron chi connectivity index (χ2n) is 1.80. The monoisotopic (exact) mass is 159 g/mol. The van der Waals surface area contributed by atoms with E-state index in [0.29, 0.717) is 17.4 Å². The summed E-state index contributed by atoms with van der Waals surface area (Å²) in [5.41, 5.74) is 0. The molecule has 0 spiro atoms. The van der Waals surface area contributed by atoms with E-state index in [2.05, 4.69) is 10.2 Å². The van der Waals surface area contributed by atoms with E-state index in [1.807, 2.05) is 6.92 Å². The number of H-pyrrole nitrogens is 1. The van der Waals surface area contributed by atoms with Crippen molar-refractivity contribution in [3.8, 4) is 6.01 Å². The first-order valence-electron chi connectivity index (χ1n) is 3.00. The molecule has 1 rings (SSSR count). The third-order valence-corrected chi connectivity index (χ3v) is 1.48. The van der Waals surface area contributed by atoms with Gasteiger partial charge in [-0.15, -0.1) is 5.10 Å². The van der Waals surface area contributed by atoms with Crippen LogP contribution in [-0.2, 0) is 7.05 Å². The van der Waals surface area contributed by atoms with Crippen molar-refractivity contribution in [1.29, 1.82) is 0 Å². The molecule has 0 fully saturated rings. The molecule has 56 valence electrons. The van der Waals surface area contributed by atoms with Crippen LogP contribution in [-0.4, -0.2) is 21.4 Å². The van der Waals surface area contributed by atoms with Gasteiger partial charge in [0.05, 0.1) is 6.61 Å². The second-order valence-corrected chi connectivity index (χ2v) is 2.19. The van der Waals surface area contributed by atoms with Gasteiger partial charge in [-0.05, 0) is 19.1 Å². The van der Waals surface area contributed by atoms with E-state index in [-0.39, 0.29) is 0 Å². The highest BCUT2D eigenvalue weighted by Crippen LogP contribution is 2.02. The second kappa shape index (κ2) is 2.83. The maximum absolute atomic E-state index is 5.11. The number of aromatic amines is 1. The van der Waals surface area contributed by atoms with E-state index < -0.39 is 0 Å². The van der Waals surface area contributed by atoms with Crippen LogP contribution in [0.25, 0.3) is 0 Å². The lowest BCUT2D eigenvalue weighted by Crippen LogP contribution is -1.98. The Kier molecular flexibility index (Phi) is 2.06. The van der Waals surface area contributed by atoms with Crippen LogP contribution in [0.3, 0.4) is 0 Å². The molecule has 1 aromatic rings. The molecule has 10 heavy (non-hydrogen) atoms. The number of ether oxygens (including phenoxy) is 1. The third kappa shape index (κ3) is 1.18. The summed E-state index contributed by atoms with van der Waals surface area (Å²) in [6.07, 6.45) is 0. The van der Waals surface area contributed by atoms with Crippen LogP contribution in [0.2, 0.25) is 0 Å². The minimum atomic E-state index is 0.535. The van der Waals surface area contributed by atoms with Gasteiger partial charge in [0.15, 0.2) is 4.77 Å². The van der Waals surface area contributed by atoms with Gasteiger partial charge in [-0.3, -0.25) is 4.57 Å². The Morgan fingerprint density at radius 3 is 2.90 bits per heavy atom. The molecule has 0 atom stereocenters. The minimum Gasteiger partial charge on any atom is -0.464 e. The molecule has 0 unspecified atom stereocenters. The molecule has 0 aliphatic carbocycles. The number of rotatable bonds is 2. The summed E-state index contributed by atoms with van der Waals surface area (Å²) in [5, 5.41) is 6.44. The van der Waals surface area contributed by atoms with E-state index in [0.717, 1.165) is 0 Å². The number of hydrogen-bond donors (Lipinski definition) is 1. The normalized spacial score (nSPS) is 9.80. The van der Waals surface area contributed by atoms with Gasteiger partial charge in [0.25, 0.3) is 0 Å². The predicted octanol–water partition coefficient (Wildman–Crippen LogP) is 0.876. The number of nitrogens with one attached hydrogen (secondary N) is 1.